The maximum absolute atomic E-state index is 12.5. The van der Waals surface area contributed by atoms with E-state index in [1.165, 1.54) is 12.8 Å². The lowest BCUT2D eigenvalue weighted by Crippen LogP contribution is -2.49. The fourth-order valence-electron chi connectivity index (χ4n) is 3.47. The molecule has 31 heavy (non-hydrogen) atoms. The van der Waals surface area contributed by atoms with Crippen molar-refractivity contribution in [3.05, 3.63) is 66.7 Å². The summed E-state index contributed by atoms with van der Waals surface area (Å²) in [7, 11) is 1.52. The third kappa shape index (κ3) is 6.01. The van der Waals surface area contributed by atoms with Gasteiger partial charge in [-0.2, -0.15) is 0 Å². The summed E-state index contributed by atoms with van der Waals surface area (Å²) in [5, 5.41) is 2.81. The van der Waals surface area contributed by atoms with E-state index in [9.17, 15) is 9.59 Å². The maximum Gasteiger partial charge on any atom is 0.251 e. The van der Waals surface area contributed by atoms with Crippen LogP contribution in [0.2, 0.25) is 0 Å². The summed E-state index contributed by atoms with van der Waals surface area (Å²) in [6.45, 7) is 7.24. The Kier molecular flexibility index (Phi) is 7.92. The van der Waals surface area contributed by atoms with Gasteiger partial charge in [0.1, 0.15) is 6.61 Å². The average molecular weight is 424 g/mol. The summed E-state index contributed by atoms with van der Waals surface area (Å²) in [5.74, 6) is 0.819. The van der Waals surface area contributed by atoms with Crippen LogP contribution in [-0.2, 0) is 4.79 Å². The zero-order valence-electron chi connectivity index (χ0n) is 17.9. The molecule has 0 spiro atoms. The second-order valence-electron chi connectivity index (χ2n) is 7.17. The summed E-state index contributed by atoms with van der Waals surface area (Å²) in [4.78, 5) is 29.1. The Bertz CT molecular complexity index is 893. The average Bonchev–Trinajstić information content (AvgIpc) is 2.83. The number of ether oxygens (including phenoxy) is 2. The number of nitrogens with zero attached hydrogens (tertiary/aromatic N) is 2. The molecule has 1 heterocycles. The van der Waals surface area contributed by atoms with Crippen molar-refractivity contribution in [3.63, 3.8) is 0 Å². The smallest absolute Gasteiger partial charge is 0.251 e. The highest BCUT2D eigenvalue weighted by Gasteiger charge is 2.21. The lowest BCUT2D eigenvalue weighted by molar-refractivity contribution is -0.131. The van der Waals surface area contributed by atoms with E-state index in [1.807, 2.05) is 23.1 Å². The largest absolute Gasteiger partial charge is 0.493 e. The van der Waals surface area contributed by atoms with Crippen LogP contribution in [0.4, 0.5) is 5.69 Å². The van der Waals surface area contributed by atoms with Gasteiger partial charge in [0.05, 0.1) is 7.11 Å². The highest BCUT2D eigenvalue weighted by atomic mass is 16.5. The molecule has 164 valence electrons. The van der Waals surface area contributed by atoms with Crippen LogP contribution in [0.15, 0.2) is 61.2 Å². The molecule has 2 amide bonds. The molecule has 0 unspecified atom stereocenters. The topological polar surface area (TPSA) is 71.1 Å². The van der Waals surface area contributed by atoms with Crippen LogP contribution in [0.5, 0.6) is 11.5 Å². The molecule has 1 aliphatic rings. The van der Waals surface area contributed by atoms with E-state index in [0.29, 0.717) is 36.8 Å². The van der Waals surface area contributed by atoms with Crippen LogP contribution >= 0.6 is 0 Å². The summed E-state index contributed by atoms with van der Waals surface area (Å²) in [6.07, 6.45) is 1.91. The third-order valence-electron chi connectivity index (χ3n) is 5.16. The molecule has 7 nitrogen and oxygen atoms in total. The van der Waals surface area contributed by atoms with Gasteiger partial charge in [-0.1, -0.05) is 30.9 Å². The van der Waals surface area contributed by atoms with Gasteiger partial charge in [0.15, 0.2) is 11.5 Å². The second kappa shape index (κ2) is 11.1. The van der Waals surface area contributed by atoms with Crippen molar-refractivity contribution in [1.29, 1.82) is 0 Å². The zero-order valence-corrected chi connectivity index (χ0v) is 17.9. The molecule has 0 bridgehead atoms. The Morgan fingerprint density at radius 2 is 1.81 bits per heavy atom. The van der Waals surface area contributed by atoms with Gasteiger partial charge in [0.2, 0.25) is 5.91 Å². The van der Waals surface area contributed by atoms with E-state index >= 15 is 0 Å². The van der Waals surface area contributed by atoms with Crippen molar-refractivity contribution in [3.8, 4) is 11.5 Å². The first-order valence-electron chi connectivity index (χ1n) is 10.4. The normalized spacial score (nSPS) is 13.5. The molecule has 0 atom stereocenters. The molecule has 0 radical (unpaired) electrons. The first kappa shape index (κ1) is 22.2. The van der Waals surface area contributed by atoms with Crippen molar-refractivity contribution < 1.29 is 19.1 Å². The van der Waals surface area contributed by atoms with E-state index in [0.717, 1.165) is 13.1 Å². The van der Waals surface area contributed by atoms with Gasteiger partial charge >= 0.3 is 0 Å². The van der Waals surface area contributed by atoms with Gasteiger partial charge in [-0.05, 0) is 30.3 Å². The van der Waals surface area contributed by atoms with Gasteiger partial charge in [-0.15, -0.1) is 0 Å². The van der Waals surface area contributed by atoms with Gasteiger partial charge in [0, 0.05) is 50.4 Å². The Morgan fingerprint density at radius 1 is 1.06 bits per heavy atom. The number of carbonyl (C=O) groups is 2. The Labute approximate surface area is 183 Å². The lowest BCUT2D eigenvalue weighted by atomic mass is 10.2. The van der Waals surface area contributed by atoms with Gasteiger partial charge < -0.3 is 24.6 Å². The SMILES string of the molecule is C=CCOc1ccc(C(=O)NCCC(=O)N2CCN(c3ccccc3)CC2)cc1OC. The second-order valence-corrected chi connectivity index (χ2v) is 7.17. The molecule has 2 aromatic carbocycles. The molecule has 0 aliphatic carbocycles. The number of nitrogens with one attached hydrogen (secondary N) is 1. The fourth-order valence-corrected chi connectivity index (χ4v) is 3.47. The van der Waals surface area contributed by atoms with Crippen molar-refractivity contribution in [2.45, 2.75) is 6.42 Å². The Hall–Kier alpha value is -3.48. The number of rotatable bonds is 9. The van der Waals surface area contributed by atoms with Crippen LogP contribution in [-0.4, -0.2) is 63.2 Å². The standard InChI is InChI=1S/C24H29N3O4/c1-3-17-31-21-10-9-19(18-22(21)30-2)24(29)25-12-11-23(28)27-15-13-26(14-16-27)20-7-5-4-6-8-20/h3-10,18H,1,11-17H2,2H3,(H,25,29). The van der Waals surface area contributed by atoms with Crippen molar-refractivity contribution in [1.82, 2.24) is 10.2 Å². The van der Waals surface area contributed by atoms with Crippen molar-refractivity contribution in [2.24, 2.45) is 0 Å². The van der Waals surface area contributed by atoms with Crippen LogP contribution in [0.1, 0.15) is 16.8 Å². The number of methoxy groups -OCH3 is 1. The summed E-state index contributed by atoms with van der Waals surface area (Å²) >= 11 is 0. The molecule has 1 saturated heterocycles. The van der Waals surface area contributed by atoms with E-state index in [2.05, 4.69) is 28.9 Å². The minimum atomic E-state index is -0.254. The van der Waals surface area contributed by atoms with Gasteiger partial charge in [0.25, 0.3) is 5.91 Å². The Balaban J connectivity index is 1.44. The van der Waals surface area contributed by atoms with Crippen LogP contribution in [0.25, 0.3) is 0 Å². The third-order valence-corrected chi connectivity index (χ3v) is 5.16. The van der Waals surface area contributed by atoms with Crippen LogP contribution < -0.4 is 19.7 Å². The minimum Gasteiger partial charge on any atom is -0.493 e. The number of carbonyl (C=O) groups excluding carboxylic acids is 2. The van der Waals surface area contributed by atoms with E-state index in [-0.39, 0.29) is 24.8 Å². The highest BCUT2D eigenvalue weighted by molar-refractivity contribution is 5.95. The first-order valence-corrected chi connectivity index (χ1v) is 10.4. The number of hydrogen-bond donors (Lipinski definition) is 1. The predicted molar refractivity (Wildman–Crippen MR) is 121 cm³/mol. The number of hydrogen-bond acceptors (Lipinski definition) is 5. The quantitative estimate of drug-likeness (QED) is 0.628. The molecule has 0 aromatic heterocycles. The maximum atomic E-state index is 12.5. The fraction of sp³-hybridized carbons (Fsp3) is 0.333. The molecular weight excluding hydrogens is 394 g/mol. The molecular formula is C24H29N3O4. The van der Waals surface area contributed by atoms with E-state index < -0.39 is 0 Å². The lowest BCUT2D eigenvalue weighted by Gasteiger charge is -2.36. The molecule has 1 fully saturated rings. The van der Waals surface area contributed by atoms with Crippen LogP contribution in [0.3, 0.4) is 0 Å². The molecule has 0 saturated carbocycles. The van der Waals surface area contributed by atoms with E-state index in [1.54, 1.807) is 24.3 Å². The molecule has 3 rings (SSSR count). The Morgan fingerprint density at radius 3 is 2.48 bits per heavy atom. The van der Waals surface area contributed by atoms with Crippen molar-refractivity contribution in [2.75, 3.05) is 51.3 Å². The number of para-hydroxylation sites is 1. The van der Waals surface area contributed by atoms with Gasteiger partial charge in [-0.3, -0.25) is 9.59 Å². The molecule has 2 aromatic rings. The first-order chi connectivity index (χ1) is 15.1. The van der Waals surface area contributed by atoms with Gasteiger partial charge in [-0.25, -0.2) is 0 Å². The minimum absolute atomic E-state index is 0.0544. The van der Waals surface area contributed by atoms with E-state index in [4.69, 9.17) is 9.47 Å². The number of amides is 2. The monoisotopic (exact) mass is 423 g/mol. The number of piperazine rings is 1. The molecule has 1 aliphatic heterocycles. The summed E-state index contributed by atoms with van der Waals surface area (Å²) in [5.41, 5.74) is 1.63. The molecule has 7 heteroatoms. The predicted octanol–water partition coefficient (Wildman–Crippen LogP) is 2.73. The highest BCUT2D eigenvalue weighted by Crippen LogP contribution is 2.28. The van der Waals surface area contributed by atoms with Crippen molar-refractivity contribution >= 4 is 17.5 Å². The van der Waals surface area contributed by atoms with Crippen LogP contribution in [0, 0.1) is 0 Å². The number of benzene rings is 2. The molecule has 1 N–H and O–H groups in total. The zero-order chi connectivity index (χ0) is 22.1. The summed E-state index contributed by atoms with van der Waals surface area (Å²) < 4.78 is 10.8. The summed E-state index contributed by atoms with van der Waals surface area (Å²) in [6, 6.07) is 15.2. The number of anilines is 1.